The molecule has 22 heavy (non-hydrogen) atoms. The van der Waals surface area contributed by atoms with Gasteiger partial charge in [-0.05, 0) is 12.1 Å². The topological polar surface area (TPSA) is 63.5 Å². The molecule has 112 valence electrons. The fourth-order valence-electron chi connectivity index (χ4n) is 1.93. The largest absolute Gasteiger partial charge is 0.348 e. The van der Waals surface area contributed by atoms with Crippen LogP contribution in [0.1, 0.15) is 10.4 Å². The van der Waals surface area contributed by atoms with Gasteiger partial charge >= 0.3 is 0 Å². The van der Waals surface area contributed by atoms with Crippen molar-refractivity contribution in [3.05, 3.63) is 56.6 Å². The van der Waals surface area contributed by atoms with Gasteiger partial charge in [-0.15, -0.1) is 29.3 Å². The normalized spacial score (nSPS) is 10.8. The van der Waals surface area contributed by atoms with Crippen molar-refractivity contribution in [1.82, 2.24) is 14.7 Å². The number of carbonyl (C=O) groups is 1. The zero-order valence-corrected chi connectivity index (χ0v) is 13.6. The van der Waals surface area contributed by atoms with Gasteiger partial charge in [0.1, 0.15) is 5.56 Å². The van der Waals surface area contributed by atoms with Crippen LogP contribution in [-0.2, 0) is 0 Å². The van der Waals surface area contributed by atoms with E-state index in [-0.39, 0.29) is 12.1 Å². The molecule has 5 nitrogen and oxygen atoms in total. The monoisotopic (exact) mass is 351 g/mol. The molecule has 0 radical (unpaired) electrons. The minimum atomic E-state index is -0.465. The summed E-state index contributed by atoms with van der Waals surface area (Å²) < 4.78 is 2.07. The third-order valence-electron chi connectivity index (χ3n) is 2.92. The Bertz CT molecular complexity index is 926. The summed E-state index contributed by atoms with van der Waals surface area (Å²) in [5, 5.41) is 4.41. The molecular weight excluding hydrogens is 342 g/mol. The smallest absolute Gasteiger partial charge is 0.271 e. The van der Waals surface area contributed by atoms with Gasteiger partial charge in [-0.2, -0.15) is 0 Å². The number of hydrogen-bond acceptors (Lipinski definition) is 5. The van der Waals surface area contributed by atoms with Gasteiger partial charge in [0.05, 0.1) is 14.9 Å². The maximum atomic E-state index is 12.6. The second kappa shape index (κ2) is 6.04. The fraction of sp³-hybridized carbons (Fsp3) is 0.0714. The molecule has 0 bridgehead atoms. The molecule has 1 N–H and O–H groups in total. The van der Waals surface area contributed by atoms with E-state index in [1.165, 1.54) is 33.3 Å². The maximum Gasteiger partial charge on any atom is 0.271 e. The maximum absolute atomic E-state index is 12.6. The lowest BCUT2D eigenvalue weighted by Gasteiger charge is -2.03. The Morgan fingerprint density at radius 3 is 3.00 bits per heavy atom. The molecule has 0 spiro atoms. The van der Waals surface area contributed by atoms with E-state index in [1.54, 1.807) is 12.1 Å². The highest BCUT2D eigenvalue weighted by molar-refractivity contribution is 7.20. The summed E-state index contributed by atoms with van der Waals surface area (Å²) in [7, 11) is 0. The first-order valence-corrected chi connectivity index (χ1v) is 8.33. The summed E-state index contributed by atoms with van der Waals surface area (Å²) >= 11 is 8.66. The minimum absolute atomic E-state index is 0.00153. The SMILES string of the molecule is C=CCNC(=O)c1cnc2scc(-c3ccc(Cl)s3)n2c1=O. The summed E-state index contributed by atoms with van der Waals surface area (Å²) in [6, 6.07) is 3.61. The van der Waals surface area contributed by atoms with Gasteiger partial charge in [0, 0.05) is 18.1 Å². The highest BCUT2D eigenvalue weighted by atomic mass is 35.5. The summed E-state index contributed by atoms with van der Waals surface area (Å²) in [6.45, 7) is 3.81. The number of nitrogens with zero attached hydrogens (tertiary/aromatic N) is 2. The molecule has 3 aromatic rings. The molecule has 0 aliphatic carbocycles. The predicted octanol–water partition coefficient (Wildman–Crippen LogP) is 3.05. The zero-order valence-electron chi connectivity index (χ0n) is 11.2. The van der Waals surface area contributed by atoms with Crippen LogP contribution in [0.3, 0.4) is 0 Å². The second-order valence-electron chi connectivity index (χ2n) is 4.32. The number of nitrogens with one attached hydrogen (secondary N) is 1. The molecule has 3 rings (SSSR count). The molecule has 1 amide bonds. The number of rotatable bonds is 4. The van der Waals surface area contributed by atoms with Crippen LogP contribution in [0.25, 0.3) is 15.5 Å². The number of thiophene rings is 1. The van der Waals surface area contributed by atoms with Gasteiger partial charge in [-0.25, -0.2) is 9.38 Å². The molecule has 0 aliphatic rings. The minimum Gasteiger partial charge on any atom is -0.348 e. The zero-order chi connectivity index (χ0) is 15.7. The van der Waals surface area contributed by atoms with E-state index >= 15 is 0 Å². The van der Waals surface area contributed by atoms with Gasteiger partial charge in [-0.3, -0.25) is 9.59 Å². The van der Waals surface area contributed by atoms with Crippen LogP contribution in [-0.4, -0.2) is 21.8 Å². The molecule has 0 unspecified atom stereocenters. The first-order chi connectivity index (χ1) is 10.6. The van der Waals surface area contributed by atoms with Crippen LogP contribution in [0.4, 0.5) is 0 Å². The molecule has 3 heterocycles. The summed E-state index contributed by atoms with van der Waals surface area (Å²) in [5.41, 5.74) is 0.293. The van der Waals surface area contributed by atoms with Crippen LogP contribution in [0.5, 0.6) is 0 Å². The molecule has 8 heteroatoms. The van der Waals surface area contributed by atoms with E-state index in [0.29, 0.717) is 15.0 Å². The average molecular weight is 352 g/mol. The standard InChI is InChI=1S/C14H10ClN3O2S2/c1-2-5-16-12(19)8-6-17-14-18(13(8)20)9(7-21-14)10-3-4-11(15)22-10/h2-4,6-7H,1,5H2,(H,16,19). The van der Waals surface area contributed by atoms with Crippen LogP contribution in [0, 0.1) is 0 Å². The highest BCUT2D eigenvalue weighted by Crippen LogP contribution is 2.32. The molecule has 0 atom stereocenters. The number of halogens is 1. The van der Waals surface area contributed by atoms with Crippen molar-refractivity contribution in [1.29, 1.82) is 0 Å². The van der Waals surface area contributed by atoms with Crippen molar-refractivity contribution < 1.29 is 4.79 Å². The number of hydrogen-bond donors (Lipinski definition) is 1. The first kappa shape index (κ1) is 15.0. The van der Waals surface area contributed by atoms with Crippen molar-refractivity contribution in [2.24, 2.45) is 0 Å². The lowest BCUT2D eigenvalue weighted by molar-refractivity contribution is 0.0956. The second-order valence-corrected chi connectivity index (χ2v) is 6.87. The molecule has 0 saturated heterocycles. The van der Waals surface area contributed by atoms with Gasteiger partial charge in [-0.1, -0.05) is 17.7 Å². The molecule has 0 saturated carbocycles. The Balaban J connectivity index is 2.15. The van der Waals surface area contributed by atoms with Crippen LogP contribution in [0.15, 0.2) is 41.2 Å². The fourth-order valence-corrected chi connectivity index (χ4v) is 3.91. The number of fused-ring (bicyclic) bond motifs is 1. The molecule has 0 aromatic carbocycles. The number of amides is 1. The van der Waals surface area contributed by atoms with Gasteiger partial charge in [0.25, 0.3) is 11.5 Å². The Kier molecular flexibility index (Phi) is 4.10. The van der Waals surface area contributed by atoms with E-state index in [0.717, 1.165) is 4.88 Å². The third-order valence-corrected chi connectivity index (χ3v) is 5.02. The van der Waals surface area contributed by atoms with E-state index in [4.69, 9.17) is 11.6 Å². The number of aromatic nitrogens is 2. The molecular formula is C14H10ClN3O2S2. The summed E-state index contributed by atoms with van der Waals surface area (Å²) in [6.07, 6.45) is 2.85. The lowest BCUT2D eigenvalue weighted by Crippen LogP contribution is -2.31. The van der Waals surface area contributed by atoms with Crippen molar-refractivity contribution in [3.63, 3.8) is 0 Å². The average Bonchev–Trinajstić information content (AvgIpc) is 3.11. The highest BCUT2D eigenvalue weighted by Gasteiger charge is 2.17. The van der Waals surface area contributed by atoms with Crippen molar-refractivity contribution in [2.45, 2.75) is 0 Å². The van der Waals surface area contributed by atoms with E-state index in [2.05, 4.69) is 16.9 Å². The molecule has 0 aliphatic heterocycles. The Hall–Kier alpha value is -1.96. The van der Waals surface area contributed by atoms with E-state index in [1.807, 2.05) is 11.4 Å². The number of thiazole rings is 1. The van der Waals surface area contributed by atoms with E-state index in [9.17, 15) is 9.59 Å². The predicted molar refractivity (Wildman–Crippen MR) is 90.2 cm³/mol. The van der Waals surface area contributed by atoms with Crippen molar-refractivity contribution >= 4 is 45.1 Å². The first-order valence-electron chi connectivity index (χ1n) is 6.26. The van der Waals surface area contributed by atoms with Gasteiger partial charge in [0.15, 0.2) is 4.96 Å². The lowest BCUT2D eigenvalue weighted by atomic mass is 10.3. The summed E-state index contributed by atoms with van der Waals surface area (Å²) in [4.78, 5) is 30.2. The Morgan fingerprint density at radius 1 is 1.50 bits per heavy atom. The Morgan fingerprint density at radius 2 is 2.32 bits per heavy atom. The van der Waals surface area contributed by atoms with Gasteiger partial charge < -0.3 is 5.32 Å². The molecule has 0 fully saturated rings. The Labute approximate surface area is 138 Å². The van der Waals surface area contributed by atoms with Crippen molar-refractivity contribution in [3.8, 4) is 10.6 Å². The van der Waals surface area contributed by atoms with E-state index < -0.39 is 11.5 Å². The van der Waals surface area contributed by atoms with Crippen LogP contribution in [0.2, 0.25) is 4.34 Å². The number of carbonyl (C=O) groups excluding carboxylic acids is 1. The summed E-state index contributed by atoms with van der Waals surface area (Å²) in [5.74, 6) is -0.465. The van der Waals surface area contributed by atoms with Crippen LogP contribution < -0.4 is 10.9 Å². The van der Waals surface area contributed by atoms with Crippen molar-refractivity contribution in [2.75, 3.05) is 6.54 Å². The quantitative estimate of drug-likeness (QED) is 0.735. The third kappa shape index (κ3) is 2.58. The van der Waals surface area contributed by atoms with Gasteiger partial charge in [0.2, 0.25) is 0 Å². The van der Waals surface area contributed by atoms with Crippen LogP contribution >= 0.6 is 34.3 Å². The molecule has 3 aromatic heterocycles.